The number of nitriles is 1. The maximum Gasteiger partial charge on any atom is 0.151 e. The summed E-state index contributed by atoms with van der Waals surface area (Å²) in [6.07, 6.45) is 3.63. The molecule has 0 aliphatic heterocycles. The molecule has 0 N–H and O–H groups in total. The number of imidazole rings is 1. The molecular weight excluding hydrogens is 296 g/mol. The molecule has 2 aromatic carbocycles. The van der Waals surface area contributed by atoms with E-state index < -0.39 is 0 Å². The van der Waals surface area contributed by atoms with E-state index in [1.54, 1.807) is 6.20 Å². The van der Waals surface area contributed by atoms with Crippen molar-refractivity contribution in [3.63, 3.8) is 0 Å². The van der Waals surface area contributed by atoms with E-state index in [4.69, 9.17) is 0 Å². The van der Waals surface area contributed by atoms with E-state index in [9.17, 15) is 5.26 Å². The minimum atomic E-state index is 0.531. The molecule has 0 amide bonds. The fourth-order valence-electron chi connectivity index (χ4n) is 2.87. The summed E-state index contributed by atoms with van der Waals surface area (Å²) in [4.78, 5) is 8.97. The number of aryl methyl sites for hydroxylation is 1. The first-order chi connectivity index (χ1) is 11.8. The molecule has 0 radical (unpaired) electrons. The van der Waals surface area contributed by atoms with Crippen molar-refractivity contribution in [2.45, 2.75) is 0 Å². The van der Waals surface area contributed by atoms with Crippen molar-refractivity contribution in [2.24, 2.45) is 7.05 Å². The summed E-state index contributed by atoms with van der Waals surface area (Å²) < 4.78 is 1.95. The molecule has 0 saturated heterocycles. The van der Waals surface area contributed by atoms with Crippen LogP contribution in [0.1, 0.15) is 11.4 Å². The van der Waals surface area contributed by atoms with Gasteiger partial charge >= 0.3 is 0 Å². The largest absolute Gasteiger partial charge is 0.327 e. The van der Waals surface area contributed by atoms with Crippen LogP contribution in [-0.4, -0.2) is 14.5 Å². The maximum atomic E-state index is 9.62. The fraction of sp³-hybridized carbons (Fsp3) is 0.0500. The van der Waals surface area contributed by atoms with E-state index >= 15 is 0 Å². The number of rotatable bonds is 2. The molecule has 24 heavy (non-hydrogen) atoms. The minimum Gasteiger partial charge on any atom is -0.327 e. The number of pyridine rings is 1. The summed E-state index contributed by atoms with van der Waals surface area (Å²) >= 11 is 0. The quantitative estimate of drug-likeness (QED) is 0.522. The monoisotopic (exact) mass is 310 g/mol. The summed E-state index contributed by atoms with van der Waals surface area (Å²) in [5.41, 5.74) is 4.27. The summed E-state index contributed by atoms with van der Waals surface area (Å²) in [7, 11) is 1.93. The second kappa shape index (κ2) is 5.64. The van der Waals surface area contributed by atoms with Gasteiger partial charge in [-0.15, -0.1) is 0 Å². The number of hydrogen-bond donors (Lipinski definition) is 0. The minimum absolute atomic E-state index is 0.531. The lowest BCUT2D eigenvalue weighted by Gasteiger charge is -2.02. The zero-order chi connectivity index (χ0) is 16.5. The number of nitrogens with zero attached hydrogens (tertiary/aromatic N) is 4. The molecule has 0 aliphatic carbocycles. The zero-order valence-electron chi connectivity index (χ0n) is 13.1. The molecule has 0 unspecified atom stereocenters. The predicted octanol–water partition coefficient (Wildman–Crippen LogP) is 4.19. The third-order valence-corrected chi connectivity index (χ3v) is 4.09. The normalized spacial score (nSPS) is 11.8. The van der Waals surface area contributed by atoms with Gasteiger partial charge in [0.2, 0.25) is 0 Å². The van der Waals surface area contributed by atoms with Crippen LogP contribution in [0.15, 0.2) is 60.8 Å². The summed E-state index contributed by atoms with van der Waals surface area (Å²) in [5, 5.41) is 10.7. The van der Waals surface area contributed by atoms with Gasteiger partial charge in [-0.05, 0) is 35.9 Å². The van der Waals surface area contributed by atoms with Gasteiger partial charge in [-0.25, -0.2) is 4.98 Å². The second-order valence-corrected chi connectivity index (χ2v) is 5.61. The van der Waals surface area contributed by atoms with Crippen LogP contribution in [0.3, 0.4) is 0 Å². The molecule has 2 heterocycles. The third-order valence-electron chi connectivity index (χ3n) is 4.09. The molecule has 0 atom stereocenters. The van der Waals surface area contributed by atoms with Crippen LogP contribution in [0.5, 0.6) is 0 Å². The van der Waals surface area contributed by atoms with E-state index in [1.807, 2.05) is 72.3 Å². The van der Waals surface area contributed by atoms with Gasteiger partial charge in [-0.2, -0.15) is 5.26 Å². The van der Waals surface area contributed by atoms with Crippen molar-refractivity contribution in [3.05, 3.63) is 72.2 Å². The average Bonchev–Trinajstić information content (AvgIpc) is 2.96. The molecule has 0 aliphatic rings. The second-order valence-electron chi connectivity index (χ2n) is 5.61. The number of hydrogen-bond acceptors (Lipinski definition) is 3. The van der Waals surface area contributed by atoms with E-state index in [-0.39, 0.29) is 0 Å². The maximum absolute atomic E-state index is 9.62. The van der Waals surface area contributed by atoms with Crippen LogP contribution in [0.25, 0.3) is 33.6 Å². The molecule has 0 bridgehead atoms. The number of para-hydroxylation sites is 2. The number of allylic oxidation sites excluding steroid dienone is 1. The predicted molar refractivity (Wildman–Crippen MR) is 95.9 cm³/mol. The fourth-order valence-corrected chi connectivity index (χ4v) is 2.87. The van der Waals surface area contributed by atoms with Crippen molar-refractivity contribution in [1.82, 2.24) is 14.5 Å². The molecule has 2 aromatic heterocycles. The van der Waals surface area contributed by atoms with Crippen molar-refractivity contribution in [2.75, 3.05) is 0 Å². The van der Waals surface area contributed by atoms with Gasteiger partial charge in [0.25, 0.3) is 0 Å². The van der Waals surface area contributed by atoms with Crippen LogP contribution < -0.4 is 0 Å². The average molecular weight is 310 g/mol. The van der Waals surface area contributed by atoms with E-state index in [0.29, 0.717) is 11.4 Å². The molecule has 114 valence electrons. The molecule has 0 spiro atoms. The Morgan fingerprint density at radius 3 is 2.79 bits per heavy atom. The van der Waals surface area contributed by atoms with Crippen molar-refractivity contribution >= 4 is 33.6 Å². The van der Waals surface area contributed by atoms with E-state index in [2.05, 4.69) is 16.0 Å². The van der Waals surface area contributed by atoms with Gasteiger partial charge in [-0.3, -0.25) is 4.98 Å². The molecule has 4 nitrogen and oxygen atoms in total. The highest BCUT2D eigenvalue weighted by Crippen LogP contribution is 2.23. The lowest BCUT2D eigenvalue weighted by atomic mass is 10.1. The Bertz CT molecular complexity index is 1130. The van der Waals surface area contributed by atoms with Gasteiger partial charge in [-0.1, -0.05) is 30.3 Å². The van der Waals surface area contributed by atoms with Crippen LogP contribution >= 0.6 is 0 Å². The SMILES string of the molecule is Cn1c(C(C#N)=Cc2ccc3cccnc3c2)nc2ccccc21. The summed E-state index contributed by atoms with van der Waals surface area (Å²) in [6.45, 7) is 0. The van der Waals surface area contributed by atoms with E-state index in [0.717, 1.165) is 27.5 Å². The highest BCUT2D eigenvalue weighted by molar-refractivity contribution is 5.92. The van der Waals surface area contributed by atoms with Crippen molar-refractivity contribution < 1.29 is 0 Å². The van der Waals surface area contributed by atoms with Crippen LogP contribution in [0.4, 0.5) is 0 Å². The Labute approximate surface area is 139 Å². The summed E-state index contributed by atoms with van der Waals surface area (Å²) in [5.74, 6) is 0.666. The molecule has 4 rings (SSSR count). The van der Waals surface area contributed by atoms with Crippen LogP contribution in [0.2, 0.25) is 0 Å². The third kappa shape index (κ3) is 2.33. The van der Waals surface area contributed by atoms with Crippen LogP contribution in [0, 0.1) is 11.3 Å². The summed E-state index contributed by atoms with van der Waals surface area (Å²) in [6, 6.07) is 20.1. The highest BCUT2D eigenvalue weighted by atomic mass is 15.1. The Hall–Kier alpha value is -3.45. The molecule has 4 aromatic rings. The van der Waals surface area contributed by atoms with Gasteiger partial charge in [0.05, 0.1) is 22.1 Å². The molecular formula is C20H14N4. The molecule has 0 fully saturated rings. The Kier molecular flexibility index (Phi) is 3.33. The molecule has 0 saturated carbocycles. The number of benzene rings is 2. The van der Waals surface area contributed by atoms with Crippen molar-refractivity contribution in [3.8, 4) is 6.07 Å². The van der Waals surface area contributed by atoms with Gasteiger partial charge < -0.3 is 4.57 Å². The van der Waals surface area contributed by atoms with Gasteiger partial charge in [0.1, 0.15) is 6.07 Å². The van der Waals surface area contributed by atoms with Gasteiger partial charge in [0.15, 0.2) is 5.82 Å². The zero-order valence-corrected chi connectivity index (χ0v) is 13.1. The standard InChI is InChI=1S/C20H14N4/c1-24-19-7-3-2-6-17(19)23-20(24)16(13-21)11-14-8-9-15-5-4-10-22-18(15)12-14/h2-12H,1H3. The molecule has 4 heteroatoms. The first-order valence-corrected chi connectivity index (χ1v) is 7.65. The van der Waals surface area contributed by atoms with Gasteiger partial charge in [0, 0.05) is 18.6 Å². The Morgan fingerprint density at radius 1 is 1.08 bits per heavy atom. The topological polar surface area (TPSA) is 54.5 Å². The number of fused-ring (bicyclic) bond motifs is 2. The number of aromatic nitrogens is 3. The smallest absolute Gasteiger partial charge is 0.151 e. The van der Waals surface area contributed by atoms with Crippen molar-refractivity contribution in [1.29, 1.82) is 5.26 Å². The lowest BCUT2D eigenvalue weighted by molar-refractivity contribution is 0.925. The first kappa shape index (κ1) is 14.2. The first-order valence-electron chi connectivity index (χ1n) is 7.65. The lowest BCUT2D eigenvalue weighted by Crippen LogP contribution is -1.96. The van der Waals surface area contributed by atoms with Crippen LogP contribution in [-0.2, 0) is 7.05 Å². The Balaban J connectivity index is 1.85. The highest BCUT2D eigenvalue weighted by Gasteiger charge is 2.11. The van der Waals surface area contributed by atoms with E-state index in [1.165, 1.54) is 0 Å². The Morgan fingerprint density at radius 2 is 1.96 bits per heavy atom.